The second-order valence-electron chi connectivity index (χ2n) is 15.4. The SMILES string of the molecule is C[C@H]1/C(=N/O)CC[C@@H]2[C@]1(C)CC[C@H]1[C@@]2(C)CC[C@@]2(C)[C@@H]3CC(C)(C)CC[C@]3(C)CC[C@]12C. The normalized spacial score (nSPS) is 58.3. The van der Waals surface area contributed by atoms with Crippen molar-refractivity contribution in [2.75, 3.05) is 0 Å². The molecule has 0 aromatic carbocycles. The number of rotatable bonds is 0. The van der Waals surface area contributed by atoms with Gasteiger partial charge in [0.25, 0.3) is 0 Å². The Balaban J connectivity index is 1.54. The van der Waals surface area contributed by atoms with Gasteiger partial charge in [-0.1, -0.05) is 60.5 Å². The van der Waals surface area contributed by atoms with Crippen LogP contribution in [0.1, 0.15) is 126 Å². The predicted molar refractivity (Wildman–Crippen MR) is 134 cm³/mol. The summed E-state index contributed by atoms with van der Waals surface area (Å²) < 4.78 is 0. The molecule has 0 radical (unpaired) electrons. The van der Waals surface area contributed by atoms with E-state index in [2.05, 4.69) is 60.5 Å². The molecular weight excluding hydrogens is 390 g/mol. The summed E-state index contributed by atoms with van der Waals surface area (Å²) in [4.78, 5) is 0. The van der Waals surface area contributed by atoms with E-state index in [0.29, 0.717) is 38.4 Å². The zero-order chi connectivity index (χ0) is 23.4. The smallest absolute Gasteiger partial charge is 0.0604 e. The van der Waals surface area contributed by atoms with E-state index in [4.69, 9.17) is 0 Å². The van der Waals surface area contributed by atoms with E-state index in [-0.39, 0.29) is 0 Å². The zero-order valence-electron chi connectivity index (χ0n) is 22.5. The summed E-state index contributed by atoms with van der Waals surface area (Å²) in [5, 5.41) is 13.4. The Hall–Kier alpha value is -0.530. The lowest BCUT2D eigenvalue weighted by molar-refractivity contribution is -0.254. The van der Waals surface area contributed by atoms with Crippen molar-refractivity contribution in [2.24, 2.45) is 61.3 Å². The van der Waals surface area contributed by atoms with E-state index >= 15 is 0 Å². The second-order valence-corrected chi connectivity index (χ2v) is 15.4. The molecule has 0 aromatic heterocycles. The minimum atomic E-state index is 0.297. The van der Waals surface area contributed by atoms with Crippen LogP contribution >= 0.6 is 0 Å². The summed E-state index contributed by atoms with van der Waals surface area (Å²) in [6, 6.07) is 0. The van der Waals surface area contributed by atoms with Crippen LogP contribution in [0.4, 0.5) is 0 Å². The Morgan fingerprint density at radius 2 is 1.31 bits per heavy atom. The Kier molecular flexibility index (Phi) is 4.92. The molecule has 5 aliphatic carbocycles. The predicted octanol–water partition coefficient (Wildman–Crippen LogP) is 8.72. The summed E-state index contributed by atoms with van der Waals surface area (Å²) in [5.41, 5.74) is 3.82. The third-order valence-electron chi connectivity index (χ3n) is 13.9. The van der Waals surface area contributed by atoms with Crippen LogP contribution in [0.2, 0.25) is 0 Å². The molecule has 0 aliphatic heterocycles. The zero-order valence-corrected chi connectivity index (χ0v) is 22.5. The molecule has 0 unspecified atom stereocenters. The molecule has 2 nitrogen and oxygen atoms in total. The van der Waals surface area contributed by atoms with Gasteiger partial charge in [-0.15, -0.1) is 0 Å². The standard InChI is InChI=1S/C30H51NO/c1-20-21(31-32)9-10-22-27(20,5)12-11-23-28(22,6)16-18-30(8)24-19-25(2,3)13-14-26(24,4)15-17-29(23,30)7/h20,22-24,32H,9-19H2,1-8H3/b31-21+/t20-,22+,23-,24+,26+,27+,28-,29+,30-/m0/s1. The van der Waals surface area contributed by atoms with Crippen LogP contribution in [0.15, 0.2) is 5.16 Å². The van der Waals surface area contributed by atoms with Crippen LogP contribution in [0.3, 0.4) is 0 Å². The van der Waals surface area contributed by atoms with Gasteiger partial charge in [0.1, 0.15) is 0 Å². The van der Waals surface area contributed by atoms with Crippen molar-refractivity contribution in [1.82, 2.24) is 0 Å². The topological polar surface area (TPSA) is 32.6 Å². The van der Waals surface area contributed by atoms with Crippen molar-refractivity contribution in [2.45, 2.75) is 126 Å². The van der Waals surface area contributed by atoms with Gasteiger partial charge in [-0.25, -0.2) is 0 Å². The van der Waals surface area contributed by atoms with Crippen LogP contribution in [0, 0.1) is 56.2 Å². The first-order valence-corrected chi connectivity index (χ1v) is 14.0. The number of nitrogens with zero attached hydrogens (tertiary/aromatic N) is 1. The number of oxime groups is 1. The summed E-state index contributed by atoms with van der Waals surface area (Å²) in [6.07, 6.45) is 15.0. The Bertz CT molecular complexity index is 816. The van der Waals surface area contributed by atoms with Crippen LogP contribution < -0.4 is 0 Å². The highest BCUT2D eigenvalue weighted by atomic mass is 16.4. The first-order valence-electron chi connectivity index (χ1n) is 14.0. The molecule has 32 heavy (non-hydrogen) atoms. The molecule has 182 valence electrons. The summed E-state index contributed by atoms with van der Waals surface area (Å²) in [6.45, 7) is 20.9. The maximum Gasteiger partial charge on any atom is 0.0604 e. The molecule has 5 rings (SSSR count). The van der Waals surface area contributed by atoms with Crippen molar-refractivity contribution in [3.8, 4) is 0 Å². The summed E-state index contributed by atoms with van der Waals surface area (Å²) >= 11 is 0. The molecule has 0 heterocycles. The van der Waals surface area contributed by atoms with E-state index in [9.17, 15) is 5.21 Å². The quantitative estimate of drug-likeness (QED) is 0.296. The van der Waals surface area contributed by atoms with Gasteiger partial charge in [-0.3, -0.25) is 0 Å². The molecule has 2 heteroatoms. The van der Waals surface area contributed by atoms with Gasteiger partial charge < -0.3 is 5.21 Å². The minimum absolute atomic E-state index is 0.297. The Morgan fingerprint density at radius 1 is 0.688 bits per heavy atom. The first-order chi connectivity index (χ1) is 14.8. The summed E-state index contributed by atoms with van der Waals surface area (Å²) in [7, 11) is 0. The molecule has 9 atom stereocenters. The first kappa shape index (κ1) is 23.2. The van der Waals surface area contributed by atoms with Crippen molar-refractivity contribution in [3.05, 3.63) is 0 Å². The van der Waals surface area contributed by atoms with E-state index in [1.807, 2.05) is 0 Å². The van der Waals surface area contributed by atoms with Gasteiger partial charge in [0.2, 0.25) is 0 Å². The second kappa shape index (κ2) is 6.78. The van der Waals surface area contributed by atoms with Gasteiger partial charge in [-0.2, -0.15) is 0 Å². The maximum absolute atomic E-state index is 9.66. The minimum Gasteiger partial charge on any atom is -0.411 e. The van der Waals surface area contributed by atoms with E-state index < -0.39 is 0 Å². The Morgan fingerprint density at radius 3 is 2.00 bits per heavy atom. The van der Waals surface area contributed by atoms with Crippen LogP contribution in [-0.4, -0.2) is 10.9 Å². The van der Waals surface area contributed by atoms with Crippen LogP contribution in [0.5, 0.6) is 0 Å². The largest absolute Gasteiger partial charge is 0.411 e. The van der Waals surface area contributed by atoms with E-state index in [1.54, 1.807) is 0 Å². The maximum atomic E-state index is 9.66. The molecule has 0 spiro atoms. The molecule has 5 fully saturated rings. The molecule has 5 saturated carbocycles. The van der Waals surface area contributed by atoms with E-state index in [1.165, 1.54) is 64.2 Å². The fourth-order valence-corrected chi connectivity index (χ4v) is 11.3. The van der Waals surface area contributed by atoms with Crippen molar-refractivity contribution in [3.63, 3.8) is 0 Å². The van der Waals surface area contributed by atoms with E-state index in [0.717, 1.165) is 29.9 Å². The van der Waals surface area contributed by atoms with Gasteiger partial charge in [-0.05, 0) is 121 Å². The third kappa shape index (κ3) is 2.73. The van der Waals surface area contributed by atoms with Gasteiger partial charge in [0.15, 0.2) is 0 Å². The lowest BCUT2D eigenvalue weighted by atomic mass is 9.30. The molecule has 1 N–H and O–H groups in total. The number of hydrogen-bond donors (Lipinski definition) is 1. The Labute approximate surface area is 198 Å². The van der Waals surface area contributed by atoms with Gasteiger partial charge in [0.05, 0.1) is 5.71 Å². The van der Waals surface area contributed by atoms with Crippen LogP contribution in [0.25, 0.3) is 0 Å². The monoisotopic (exact) mass is 441 g/mol. The average molecular weight is 442 g/mol. The lowest BCUT2D eigenvalue weighted by Gasteiger charge is -2.75. The third-order valence-corrected chi connectivity index (χ3v) is 13.9. The summed E-state index contributed by atoms with van der Waals surface area (Å²) in [5.74, 6) is 2.92. The highest BCUT2D eigenvalue weighted by Crippen LogP contribution is 2.78. The highest BCUT2D eigenvalue weighted by Gasteiger charge is 2.70. The molecule has 0 saturated heterocycles. The highest BCUT2D eigenvalue weighted by molar-refractivity contribution is 5.87. The molecule has 0 aromatic rings. The number of hydrogen-bond acceptors (Lipinski definition) is 2. The molecular formula is C30H51NO. The van der Waals surface area contributed by atoms with Crippen molar-refractivity contribution >= 4 is 5.71 Å². The fraction of sp³-hybridized carbons (Fsp3) is 0.967. The number of fused-ring (bicyclic) bond motifs is 7. The fourth-order valence-electron chi connectivity index (χ4n) is 11.3. The van der Waals surface area contributed by atoms with Gasteiger partial charge in [0, 0.05) is 5.92 Å². The molecule has 0 bridgehead atoms. The molecule has 0 amide bonds. The van der Waals surface area contributed by atoms with Crippen molar-refractivity contribution in [1.29, 1.82) is 0 Å². The average Bonchev–Trinajstić information content (AvgIpc) is 2.72. The van der Waals surface area contributed by atoms with Crippen LogP contribution in [-0.2, 0) is 0 Å². The van der Waals surface area contributed by atoms with Gasteiger partial charge >= 0.3 is 0 Å². The van der Waals surface area contributed by atoms with Crippen molar-refractivity contribution < 1.29 is 5.21 Å². The molecule has 5 aliphatic rings. The lowest BCUT2D eigenvalue weighted by Crippen LogP contribution is -2.67.